The summed E-state index contributed by atoms with van der Waals surface area (Å²) < 4.78 is 27.3. The van der Waals surface area contributed by atoms with Crippen LogP contribution in [-0.4, -0.2) is 50.8 Å². The van der Waals surface area contributed by atoms with Crippen LogP contribution in [0.4, 0.5) is 0 Å². The standard InChI is InChI=1S/C15H21N3O4S/c1-11(2)14(15(20)18-9-8-16-13(19)10-18)17-23(21,22)12-6-4-3-5-7-12/h3-7,11,14,17H,8-10H2,1-2H3,(H,16,19). The zero-order chi connectivity index (χ0) is 17.0. The van der Waals surface area contributed by atoms with Crippen molar-refractivity contribution in [2.75, 3.05) is 19.6 Å². The van der Waals surface area contributed by atoms with Gasteiger partial charge in [-0.15, -0.1) is 0 Å². The van der Waals surface area contributed by atoms with E-state index in [0.29, 0.717) is 13.1 Å². The van der Waals surface area contributed by atoms with E-state index in [-0.39, 0.29) is 29.2 Å². The van der Waals surface area contributed by atoms with Gasteiger partial charge in [0.05, 0.1) is 11.4 Å². The second kappa shape index (κ2) is 7.10. The maximum Gasteiger partial charge on any atom is 0.241 e. The predicted molar refractivity (Wildman–Crippen MR) is 85.0 cm³/mol. The van der Waals surface area contributed by atoms with E-state index >= 15 is 0 Å². The predicted octanol–water partition coefficient (Wildman–Crippen LogP) is -0.0521. The fraction of sp³-hybridized carbons (Fsp3) is 0.467. The van der Waals surface area contributed by atoms with E-state index in [2.05, 4.69) is 10.0 Å². The number of amides is 2. The van der Waals surface area contributed by atoms with Gasteiger partial charge in [0.2, 0.25) is 21.8 Å². The number of nitrogens with one attached hydrogen (secondary N) is 2. The van der Waals surface area contributed by atoms with Crippen LogP contribution in [0.5, 0.6) is 0 Å². The molecule has 0 bridgehead atoms. The number of hydrogen-bond donors (Lipinski definition) is 2. The molecule has 1 unspecified atom stereocenters. The highest BCUT2D eigenvalue weighted by Crippen LogP contribution is 2.13. The molecule has 1 saturated heterocycles. The van der Waals surface area contributed by atoms with Crippen LogP contribution in [0, 0.1) is 5.92 Å². The minimum atomic E-state index is -3.80. The number of piperazine rings is 1. The van der Waals surface area contributed by atoms with E-state index in [9.17, 15) is 18.0 Å². The fourth-order valence-electron chi connectivity index (χ4n) is 2.33. The average molecular weight is 339 g/mol. The second-order valence-electron chi connectivity index (χ2n) is 5.77. The molecule has 1 atom stereocenters. The van der Waals surface area contributed by atoms with Crippen molar-refractivity contribution < 1.29 is 18.0 Å². The van der Waals surface area contributed by atoms with E-state index in [0.717, 1.165) is 0 Å². The summed E-state index contributed by atoms with van der Waals surface area (Å²) in [4.78, 5) is 25.5. The molecule has 1 heterocycles. The molecule has 1 fully saturated rings. The Labute approximate surface area is 136 Å². The number of carbonyl (C=O) groups is 2. The summed E-state index contributed by atoms with van der Waals surface area (Å²) in [5, 5.41) is 2.64. The van der Waals surface area contributed by atoms with Gasteiger partial charge in [0.1, 0.15) is 6.04 Å². The molecule has 0 aliphatic carbocycles. The van der Waals surface area contributed by atoms with E-state index in [1.807, 2.05) is 0 Å². The number of hydrogen-bond acceptors (Lipinski definition) is 4. The van der Waals surface area contributed by atoms with Crippen molar-refractivity contribution in [3.63, 3.8) is 0 Å². The number of nitrogens with zero attached hydrogens (tertiary/aromatic N) is 1. The van der Waals surface area contributed by atoms with Crippen molar-refractivity contribution in [2.24, 2.45) is 5.92 Å². The maximum absolute atomic E-state index is 12.6. The number of sulfonamides is 1. The minimum absolute atomic E-state index is 0.0465. The molecule has 7 nitrogen and oxygen atoms in total. The third kappa shape index (κ3) is 4.29. The van der Waals surface area contributed by atoms with Crippen molar-refractivity contribution in [3.05, 3.63) is 30.3 Å². The topological polar surface area (TPSA) is 95.6 Å². The summed E-state index contributed by atoms with van der Waals surface area (Å²) in [6.07, 6.45) is 0. The number of carbonyl (C=O) groups excluding carboxylic acids is 2. The van der Waals surface area contributed by atoms with Gasteiger partial charge in [-0.3, -0.25) is 9.59 Å². The van der Waals surface area contributed by atoms with Gasteiger partial charge in [-0.05, 0) is 18.1 Å². The van der Waals surface area contributed by atoms with Gasteiger partial charge in [-0.25, -0.2) is 8.42 Å². The molecular formula is C15H21N3O4S. The molecule has 1 aliphatic rings. The number of rotatable bonds is 5. The summed E-state index contributed by atoms with van der Waals surface area (Å²) in [7, 11) is -3.80. The molecule has 1 aliphatic heterocycles. The number of benzene rings is 1. The largest absolute Gasteiger partial charge is 0.353 e. The zero-order valence-electron chi connectivity index (χ0n) is 13.2. The van der Waals surface area contributed by atoms with Crippen molar-refractivity contribution in [3.8, 4) is 0 Å². The van der Waals surface area contributed by atoms with E-state index in [4.69, 9.17) is 0 Å². The van der Waals surface area contributed by atoms with Crippen LogP contribution in [-0.2, 0) is 19.6 Å². The SMILES string of the molecule is CC(C)C(NS(=O)(=O)c1ccccc1)C(=O)N1CCNC(=O)C1. The monoisotopic (exact) mass is 339 g/mol. The van der Waals surface area contributed by atoms with Crippen LogP contribution in [0.25, 0.3) is 0 Å². The highest BCUT2D eigenvalue weighted by atomic mass is 32.2. The van der Waals surface area contributed by atoms with Gasteiger partial charge in [0.25, 0.3) is 0 Å². The Morgan fingerprint density at radius 2 is 1.91 bits per heavy atom. The van der Waals surface area contributed by atoms with Gasteiger partial charge in [0, 0.05) is 13.1 Å². The molecule has 8 heteroatoms. The lowest BCUT2D eigenvalue weighted by Gasteiger charge is -2.31. The van der Waals surface area contributed by atoms with Crippen LogP contribution < -0.4 is 10.0 Å². The molecule has 0 radical (unpaired) electrons. The molecule has 0 spiro atoms. The van der Waals surface area contributed by atoms with Crippen molar-refractivity contribution in [1.29, 1.82) is 0 Å². The lowest BCUT2D eigenvalue weighted by Crippen LogP contribution is -2.57. The molecule has 23 heavy (non-hydrogen) atoms. The molecule has 0 aromatic heterocycles. The highest BCUT2D eigenvalue weighted by Gasteiger charge is 2.33. The zero-order valence-corrected chi connectivity index (χ0v) is 14.0. The van der Waals surface area contributed by atoms with Gasteiger partial charge in [0.15, 0.2) is 0 Å². The first-order chi connectivity index (χ1) is 10.8. The first-order valence-electron chi connectivity index (χ1n) is 7.44. The van der Waals surface area contributed by atoms with Crippen LogP contribution in [0.2, 0.25) is 0 Å². The van der Waals surface area contributed by atoms with Crippen molar-refractivity contribution >= 4 is 21.8 Å². The minimum Gasteiger partial charge on any atom is -0.353 e. The van der Waals surface area contributed by atoms with Crippen LogP contribution in [0.15, 0.2) is 35.2 Å². The van der Waals surface area contributed by atoms with Crippen LogP contribution in [0.3, 0.4) is 0 Å². The van der Waals surface area contributed by atoms with Crippen molar-refractivity contribution in [2.45, 2.75) is 24.8 Å². The van der Waals surface area contributed by atoms with E-state index < -0.39 is 16.1 Å². The fourth-order valence-corrected chi connectivity index (χ4v) is 3.69. The van der Waals surface area contributed by atoms with Gasteiger partial charge in [-0.1, -0.05) is 32.0 Å². The summed E-state index contributed by atoms with van der Waals surface area (Å²) in [5.41, 5.74) is 0. The Kier molecular flexibility index (Phi) is 5.38. The van der Waals surface area contributed by atoms with Crippen molar-refractivity contribution in [1.82, 2.24) is 14.9 Å². The molecule has 0 saturated carbocycles. The summed E-state index contributed by atoms with van der Waals surface area (Å²) >= 11 is 0. The molecule has 2 amide bonds. The Bertz CT molecular complexity index is 673. The first kappa shape index (κ1) is 17.4. The maximum atomic E-state index is 12.6. The van der Waals surface area contributed by atoms with Gasteiger partial charge in [-0.2, -0.15) is 4.72 Å². The molecular weight excluding hydrogens is 318 g/mol. The lowest BCUT2D eigenvalue weighted by atomic mass is 10.0. The summed E-state index contributed by atoms with van der Waals surface area (Å²) in [6.45, 7) is 4.23. The smallest absolute Gasteiger partial charge is 0.241 e. The first-order valence-corrected chi connectivity index (χ1v) is 8.92. The van der Waals surface area contributed by atoms with Crippen LogP contribution >= 0.6 is 0 Å². The Hall–Kier alpha value is -1.93. The molecule has 2 N–H and O–H groups in total. The second-order valence-corrected chi connectivity index (χ2v) is 7.48. The lowest BCUT2D eigenvalue weighted by molar-refractivity contribution is -0.140. The normalized spacial score (nSPS) is 17.0. The Balaban J connectivity index is 2.18. The average Bonchev–Trinajstić information content (AvgIpc) is 2.52. The van der Waals surface area contributed by atoms with Gasteiger partial charge >= 0.3 is 0 Å². The quantitative estimate of drug-likeness (QED) is 0.786. The van der Waals surface area contributed by atoms with E-state index in [1.165, 1.54) is 17.0 Å². The van der Waals surface area contributed by atoms with Crippen LogP contribution in [0.1, 0.15) is 13.8 Å². The highest BCUT2D eigenvalue weighted by molar-refractivity contribution is 7.89. The molecule has 1 aromatic carbocycles. The molecule has 2 rings (SSSR count). The molecule has 1 aromatic rings. The van der Waals surface area contributed by atoms with Gasteiger partial charge < -0.3 is 10.2 Å². The Morgan fingerprint density at radius 1 is 1.26 bits per heavy atom. The summed E-state index contributed by atoms with van der Waals surface area (Å²) in [5.74, 6) is -0.863. The Morgan fingerprint density at radius 3 is 2.48 bits per heavy atom. The third-order valence-corrected chi connectivity index (χ3v) is 5.08. The summed E-state index contributed by atoms with van der Waals surface area (Å²) in [6, 6.07) is 6.99. The third-order valence-electron chi connectivity index (χ3n) is 3.62. The molecule has 126 valence electrons. The van der Waals surface area contributed by atoms with E-state index in [1.54, 1.807) is 32.0 Å².